The van der Waals surface area contributed by atoms with Gasteiger partial charge in [-0.15, -0.1) is 0 Å². The van der Waals surface area contributed by atoms with Crippen LogP contribution in [0.1, 0.15) is 15.9 Å². The highest BCUT2D eigenvalue weighted by atomic mass is 16.5. The average molecular weight is 260 g/mol. The molecule has 0 saturated carbocycles. The molecule has 0 bridgehead atoms. The van der Waals surface area contributed by atoms with Crippen molar-refractivity contribution in [3.8, 4) is 29.4 Å². The second-order valence-corrected chi connectivity index (χ2v) is 3.92. The number of rotatable bonds is 2. The van der Waals surface area contributed by atoms with Gasteiger partial charge < -0.3 is 4.74 Å². The number of hydrogen-bond donors (Lipinski definition) is 0. The normalized spacial score (nSPS) is 8.65. The van der Waals surface area contributed by atoms with Crippen LogP contribution in [0.25, 0.3) is 0 Å². The molecule has 0 amide bonds. The summed E-state index contributed by atoms with van der Waals surface area (Å²) in [5.41, 5.74) is 1.40. The van der Waals surface area contributed by atoms with Crippen molar-refractivity contribution in [3.63, 3.8) is 0 Å². The van der Waals surface area contributed by atoms with Crippen molar-refractivity contribution in [1.29, 1.82) is 0 Å². The number of ketones is 1. The maximum absolute atomic E-state index is 11.8. The number of benzene rings is 2. The first-order valence-electron chi connectivity index (χ1n) is 6.05. The Morgan fingerprint density at radius 1 is 0.950 bits per heavy atom. The monoisotopic (exact) mass is 260 g/mol. The third-order valence-corrected chi connectivity index (χ3v) is 2.57. The molecular formula is C18H12O2. The minimum atomic E-state index is -0.255. The van der Waals surface area contributed by atoms with Gasteiger partial charge in [0.25, 0.3) is 0 Å². The highest BCUT2D eigenvalue weighted by Crippen LogP contribution is 2.11. The van der Waals surface area contributed by atoms with E-state index in [1.54, 1.807) is 31.4 Å². The van der Waals surface area contributed by atoms with Crippen molar-refractivity contribution >= 4 is 5.78 Å². The smallest absolute Gasteiger partial charge is 0.236 e. The van der Waals surface area contributed by atoms with Crippen LogP contribution in [-0.4, -0.2) is 12.9 Å². The lowest BCUT2D eigenvalue weighted by Gasteiger charge is -1.98. The molecule has 0 aliphatic carbocycles. The average Bonchev–Trinajstić information content (AvgIpc) is 2.52. The van der Waals surface area contributed by atoms with E-state index in [9.17, 15) is 4.79 Å². The molecule has 0 aliphatic heterocycles. The fourth-order valence-electron chi connectivity index (χ4n) is 1.53. The molecule has 96 valence electrons. The number of ether oxygens (including phenoxy) is 1. The van der Waals surface area contributed by atoms with Crippen molar-refractivity contribution in [2.24, 2.45) is 0 Å². The predicted molar refractivity (Wildman–Crippen MR) is 78.4 cm³/mol. The van der Waals surface area contributed by atoms with Gasteiger partial charge in [0.15, 0.2) is 0 Å². The zero-order valence-corrected chi connectivity index (χ0v) is 11.0. The molecule has 0 aromatic heterocycles. The van der Waals surface area contributed by atoms with E-state index < -0.39 is 0 Å². The van der Waals surface area contributed by atoms with Crippen molar-refractivity contribution in [2.75, 3.05) is 7.11 Å². The Bertz CT molecular complexity index is 705. The lowest BCUT2D eigenvalue weighted by molar-refractivity contribution is 0.105. The highest BCUT2D eigenvalue weighted by Gasteiger charge is 2.01. The van der Waals surface area contributed by atoms with E-state index in [4.69, 9.17) is 4.74 Å². The Balaban J connectivity index is 2.05. The molecule has 0 atom stereocenters. The summed E-state index contributed by atoms with van der Waals surface area (Å²) in [6, 6.07) is 16.3. The van der Waals surface area contributed by atoms with E-state index in [1.165, 1.54) is 0 Å². The summed E-state index contributed by atoms with van der Waals surface area (Å²) in [7, 11) is 1.58. The molecule has 0 spiro atoms. The number of hydrogen-bond acceptors (Lipinski definition) is 2. The van der Waals surface area contributed by atoms with Crippen molar-refractivity contribution in [2.45, 2.75) is 0 Å². The number of methoxy groups -OCH3 is 1. The Morgan fingerprint density at radius 2 is 1.65 bits per heavy atom. The van der Waals surface area contributed by atoms with E-state index in [0.717, 1.165) is 5.56 Å². The fraction of sp³-hybridized carbons (Fsp3) is 0.0556. The first-order chi connectivity index (χ1) is 9.79. The van der Waals surface area contributed by atoms with Gasteiger partial charge in [-0.3, -0.25) is 4.79 Å². The summed E-state index contributed by atoms with van der Waals surface area (Å²) in [5.74, 6) is 11.1. The number of carbonyl (C=O) groups excluding carboxylic acids is 1. The van der Waals surface area contributed by atoms with E-state index in [1.807, 2.05) is 30.3 Å². The summed E-state index contributed by atoms with van der Waals surface area (Å²) in [6.45, 7) is 0. The van der Waals surface area contributed by atoms with Gasteiger partial charge in [0.05, 0.1) is 7.11 Å². The van der Waals surface area contributed by atoms with Crippen molar-refractivity contribution < 1.29 is 9.53 Å². The van der Waals surface area contributed by atoms with Crippen LogP contribution in [0.5, 0.6) is 5.75 Å². The zero-order valence-electron chi connectivity index (χ0n) is 11.0. The second-order valence-electron chi connectivity index (χ2n) is 3.92. The van der Waals surface area contributed by atoms with Gasteiger partial charge >= 0.3 is 0 Å². The Morgan fingerprint density at radius 3 is 2.30 bits per heavy atom. The van der Waals surface area contributed by atoms with Crippen LogP contribution in [0.3, 0.4) is 0 Å². The SMILES string of the molecule is COc1ccc(C(=O)C#CC#Cc2ccccc2)cc1. The lowest BCUT2D eigenvalue weighted by atomic mass is 10.1. The van der Waals surface area contributed by atoms with Crippen molar-refractivity contribution in [3.05, 3.63) is 65.7 Å². The molecule has 0 radical (unpaired) electrons. The maximum Gasteiger partial charge on any atom is 0.236 e. The molecule has 2 nitrogen and oxygen atoms in total. The van der Waals surface area contributed by atoms with Gasteiger partial charge in [-0.25, -0.2) is 0 Å². The Labute approximate surface area is 118 Å². The van der Waals surface area contributed by atoms with Crippen LogP contribution in [-0.2, 0) is 0 Å². The molecule has 0 N–H and O–H groups in total. The zero-order chi connectivity index (χ0) is 14.2. The molecular weight excluding hydrogens is 248 g/mol. The van der Waals surface area contributed by atoms with Crippen LogP contribution in [0.2, 0.25) is 0 Å². The molecule has 2 rings (SSSR count). The molecule has 0 saturated heterocycles. The third-order valence-electron chi connectivity index (χ3n) is 2.57. The molecule has 20 heavy (non-hydrogen) atoms. The van der Waals surface area contributed by atoms with E-state index in [-0.39, 0.29) is 5.78 Å². The molecule has 2 aromatic carbocycles. The molecule has 2 aromatic rings. The first-order valence-corrected chi connectivity index (χ1v) is 6.05. The van der Waals surface area contributed by atoms with Gasteiger partial charge in [0.2, 0.25) is 5.78 Å². The van der Waals surface area contributed by atoms with Crippen LogP contribution < -0.4 is 4.74 Å². The lowest BCUT2D eigenvalue weighted by Crippen LogP contribution is -1.94. The molecule has 0 heterocycles. The van der Waals surface area contributed by atoms with Gasteiger partial charge in [0.1, 0.15) is 5.75 Å². The fourth-order valence-corrected chi connectivity index (χ4v) is 1.53. The molecule has 0 fully saturated rings. The van der Waals surface area contributed by atoms with Gasteiger partial charge in [-0.05, 0) is 54.2 Å². The van der Waals surface area contributed by atoms with Crippen LogP contribution in [0.4, 0.5) is 0 Å². The highest BCUT2D eigenvalue weighted by molar-refractivity contribution is 6.09. The van der Waals surface area contributed by atoms with Gasteiger partial charge in [0, 0.05) is 11.1 Å². The molecule has 2 heteroatoms. The largest absolute Gasteiger partial charge is 0.497 e. The van der Waals surface area contributed by atoms with Crippen LogP contribution >= 0.6 is 0 Å². The molecule has 0 unspecified atom stereocenters. The summed E-state index contributed by atoms with van der Waals surface area (Å²) >= 11 is 0. The van der Waals surface area contributed by atoms with Gasteiger partial charge in [-0.1, -0.05) is 24.1 Å². The third kappa shape index (κ3) is 3.77. The Kier molecular flexibility index (Phi) is 4.60. The van der Waals surface area contributed by atoms with E-state index in [0.29, 0.717) is 11.3 Å². The molecule has 0 aliphatic rings. The first kappa shape index (κ1) is 13.5. The van der Waals surface area contributed by atoms with E-state index in [2.05, 4.69) is 23.7 Å². The Hall–Kier alpha value is -2.97. The second kappa shape index (κ2) is 6.83. The van der Waals surface area contributed by atoms with Gasteiger partial charge in [-0.2, -0.15) is 0 Å². The standard InChI is InChI=1S/C18H12O2/c1-20-17-13-11-16(12-14-17)18(19)10-6-5-9-15-7-3-2-4-8-15/h2-4,7-8,11-14H,1H3. The topological polar surface area (TPSA) is 26.3 Å². The predicted octanol–water partition coefficient (Wildman–Crippen LogP) is 2.93. The quantitative estimate of drug-likeness (QED) is 0.471. The number of carbonyl (C=O) groups is 1. The number of Topliss-reactive ketones (excluding diaryl/α,β-unsaturated/α-hetero) is 1. The van der Waals surface area contributed by atoms with Crippen molar-refractivity contribution in [1.82, 2.24) is 0 Å². The minimum absolute atomic E-state index is 0.255. The van der Waals surface area contributed by atoms with Crippen LogP contribution in [0, 0.1) is 23.7 Å². The maximum atomic E-state index is 11.8. The van der Waals surface area contributed by atoms with Crippen LogP contribution in [0.15, 0.2) is 54.6 Å². The van der Waals surface area contributed by atoms with E-state index >= 15 is 0 Å². The summed E-state index contributed by atoms with van der Waals surface area (Å²) in [6.07, 6.45) is 0. The summed E-state index contributed by atoms with van der Waals surface area (Å²) in [5, 5.41) is 0. The minimum Gasteiger partial charge on any atom is -0.497 e. The summed E-state index contributed by atoms with van der Waals surface area (Å²) in [4.78, 5) is 11.8. The summed E-state index contributed by atoms with van der Waals surface area (Å²) < 4.78 is 5.03.